The molecule has 0 atom stereocenters. The number of nitrogens with zero attached hydrogens (tertiary/aromatic N) is 3. The topological polar surface area (TPSA) is 140 Å². The summed E-state index contributed by atoms with van der Waals surface area (Å²) in [4.78, 5) is 45.3. The van der Waals surface area contributed by atoms with Crippen LogP contribution in [0.15, 0.2) is 30.5 Å². The number of Topliss-reactive ketones (excluding diaryl/α,β-unsaturated/α-hetero) is 1. The lowest BCUT2D eigenvalue weighted by atomic mass is 9.86. The van der Waals surface area contributed by atoms with Crippen molar-refractivity contribution in [2.45, 2.75) is 71.2 Å². The van der Waals surface area contributed by atoms with Gasteiger partial charge in [-0.15, -0.1) is 0 Å². The second-order valence-corrected chi connectivity index (χ2v) is 13.5. The van der Waals surface area contributed by atoms with E-state index in [0.717, 1.165) is 17.2 Å². The molecule has 3 heterocycles. The van der Waals surface area contributed by atoms with Crippen LogP contribution in [0, 0.1) is 5.41 Å². The molecule has 10 nitrogen and oxygen atoms in total. The summed E-state index contributed by atoms with van der Waals surface area (Å²) in [6, 6.07) is 5.93. The van der Waals surface area contributed by atoms with Gasteiger partial charge in [-0.25, -0.2) is 18.4 Å². The number of primary sulfonamides is 1. The monoisotopic (exact) mass is 610 g/mol. The van der Waals surface area contributed by atoms with E-state index in [4.69, 9.17) is 9.88 Å². The number of ketones is 1. The Balaban J connectivity index is 1.40. The lowest BCUT2D eigenvalue weighted by Gasteiger charge is -2.31. The Hall–Kier alpha value is -3.52. The van der Waals surface area contributed by atoms with Gasteiger partial charge in [0.1, 0.15) is 12.4 Å². The third kappa shape index (κ3) is 7.27. The molecular formula is C28H33F3N4O6S. The normalized spacial score (nSPS) is 16.4. The summed E-state index contributed by atoms with van der Waals surface area (Å²) < 4.78 is 68.5. The summed E-state index contributed by atoms with van der Waals surface area (Å²) in [5.41, 5.74) is 0.263. The number of carbonyl (C=O) groups excluding carboxylic acids is 3. The van der Waals surface area contributed by atoms with Crippen molar-refractivity contribution in [3.63, 3.8) is 0 Å². The van der Waals surface area contributed by atoms with E-state index < -0.39 is 45.1 Å². The molecule has 0 radical (unpaired) electrons. The van der Waals surface area contributed by atoms with Crippen molar-refractivity contribution >= 4 is 27.8 Å². The molecule has 42 heavy (non-hydrogen) atoms. The van der Waals surface area contributed by atoms with Crippen molar-refractivity contribution in [1.29, 1.82) is 0 Å². The van der Waals surface area contributed by atoms with Crippen LogP contribution in [0.25, 0.3) is 0 Å². The molecule has 0 spiro atoms. The first-order valence-electron chi connectivity index (χ1n) is 13.4. The number of hydrogen-bond donors (Lipinski definition) is 1. The summed E-state index contributed by atoms with van der Waals surface area (Å²) in [5.74, 6) is -0.539. The van der Waals surface area contributed by atoms with Crippen LogP contribution in [-0.4, -0.2) is 59.3 Å². The fourth-order valence-electron chi connectivity index (χ4n) is 4.86. The molecule has 2 N–H and O–H groups in total. The number of rotatable bonds is 6. The zero-order valence-corrected chi connectivity index (χ0v) is 24.3. The van der Waals surface area contributed by atoms with E-state index in [1.807, 2.05) is 0 Å². The number of benzene rings is 1. The smallest absolute Gasteiger partial charge is 0.417 e. The fraction of sp³-hybridized carbons (Fsp3) is 0.500. The quantitative estimate of drug-likeness (QED) is 0.525. The highest BCUT2D eigenvalue weighted by atomic mass is 32.2. The number of alkyl halides is 3. The molecule has 2 aromatic rings. The van der Waals surface area contributed by atoms with Crippen LogP contribution >= 0.6 is 0 Å². The Labute approximate surface area is 242 Å². The molecule has 1 fully saturated rings. The van der Waals surface area contributed by atoms with Crippen LogP contribution in [0.1, 0.15) is 71.9 Å². The number of ether oxygens (including phenoxy) is 1. The second kappa shape index (κ2) is 11.6. The zero-order valence-electron chi connectivity index (χ0n) is 23.5. The minimum absolute atomic E-state index is 0.0403. The predicted molar refractivity (Wildman–Crippen MR) is 145 cm³/mol. The first kappa shape index (κ1) is 31.4. The fourth-order valence-corrected chi connectivity index (χ4v) is 5.73. The molecule has 1 aromatic carbocycles. The van der Waals surface area contributed by atoms with Crippen LogP contribution in [0.2, 0.25) is 0 Å². The van der Waals surface area contributed by atoms with Crippen LogP contribution in [0.3, 0.4) is 0 Å². The van der Waals surface area contributed by atoms with Crippen LogP contribution < -0.4 is 5.14 Å². The molecule has 1 aromatic heterocycles. The number of pyridine rings is 1. The molecule has 228 valence electrons. The van der Waals surface area contributed by atoms with Gasteiger partial charge in [-0.1, -0.05) is 26.8 Å². The highest BCUT2D eigenvalue weighted by molar-refractivity contribution is 7.89. The van der Waals surface area contributed by atoms with Crippen molar-refractivity contribution in [3.8, 4) is 0 Å². The van der Waals surface area contributed by atoms with E-state index in [-0.39, 0.29) is 68.4 Å². The van der Waals surface area contributed by atoms with Gasteiger partial charge in [-0.3, -0.25) is 19.5 Å². The maximum atomic E-state index is 13.3. The summed E-state index contributed by atoms with van der Waals surface area (Å²) in [6.45, 7) is 5.45. The van der Waals surface area contributed by atoms with E-state index in [0.29, 0.717) is 11.8 Å². The van der Waals surface area contributed by atoms with E-state index >= 15 is 0 Å². The SMILES string of the molecule is CC(C)(C)C(=O)Cc1cc(C(F)(F)F)cnc1COC(=O)N1Cc2ccc(C(=O)N3CCC(S(N)(=O)=O)CC3)cc2C1. The Morgan fingerprint density at radius 3 is 2.26 bits per heavy atom. The number of piperidine rings is 1. The van der Waals surface area contributed by atoms with Gasteiger partial charge in [-0.05, 0) is 47.7 Å². The molecular weight excluding hydrogens is 577 g/mol. The van der Waals surface area contributed by atoms with E-state index in [9.17, 15) is 36.0 Å². The molecule has 0 saturated carbocycles. The number of likely N-dealkylation sites (tertiary alicyclic amines) is 1. The van der Waals surface area contributed by atoms with Gasteiger partial charge >= 0.3 is 12.3 Å². The molecule has 2 amide bonds. The van der Waals surface area contributed by atoms with Crippen molar-refractivity contribution in [2.24, 2.45) is 10.6 Å². The number of hydrogen-bond acceptors (Lipinski definition) is 7. The number of sulfonamides is 1. The summed E-state index contributed by atoms with van der Waals surface area (Å²) in [7, 11) is -3.66. The number of aromatic nitrogens is 1. The van der Waals surface area contributed by atoms with Gasteiger partial charge in [0.25, 0.3) is 5.91 Å². The van der Waals surface area contributed by atoms with Crippen LogP contribution in [0.5, 0.6) is 0 Å². The minimum atomic E-state index is -4.65. The maximum Gasteiger partial charge on any atom is 0.417 e. The van der Waals surface area contributed by atoms with Gasteiger partial charge < -0.3 is 9.64 Å². The third-order valence-corrected chi connectivity index (χ3v) is 8.94. The molecule has 4 rings (SSSR count). The number of halogens is 3. The van der Waals surface area contributed by atoms with Gasteiger partial charge in [0.15, 0.2) is 0 Å². The first-order valence-corrected chi connectivity index (χ1v) is 15.0. The molecule has 1 saturated heterocycles. The van der Waals surface area contributed by atoms with Gasteiger partial charge in [0, 0.05) is 49.8 Å². The van der Waals surface area contributed by atoms with Gasteiger partial charge in [0.2, 0.25) is 10.0 Å². The summed E-state index contributed by atoms with van der Waals surface area (Å²) in [6.07, 6.45) is -4.50. The van der Waals surface area contributed by atoms with Crippen LogP contribution in [-0.2, 0) is 51.8 Å². The predicted octanol–water partition coefficient (Wildman–Crippen LogP) is 3.80. The Bertz CT molecular complexity index is 1500. The number of fused-ring (bicyclic) bond motifs is 1. The van der Waals surface area contributed by atoms with E-state index in [1.165, 1.54) is 4.90 Å². The number of carbonyl (C=O) groups is 3. The molecule has 0 bridgehead atoms. The van der Waals surface area contributed by atoms with E-state index in [2.05, 4.69) is 4.98 Å². The third-order valence-electron chi connectivity index (χ3n) is 7.53. The lowest BCUT2D eigenvalue weighted by molar-refractivity contribution is -0.138. The highest BCUT2D eigenvalue weighted by Crippen LogP contribution is 2.31. The Morgan fingerprint density at radius 2 is 1.67 bits per heavy atom. The molecule has 2 aliphatic rings. The van der Waals surface area contributed by atoms with Crippen LogP contribution in [0.4, 0.5) is 18.0 Å². The molecule has 2 aliphatic heterocycles. The summed E-state index contributed by atoms with van der Waals surface area (Å²) >= 11 is 0. The minimum Gasteiger partial charge on any atom is -0.443 e. The van der Waals surface area contributed by atoms with Crippen molar-refractivity contribution in [2.75, 3.05) is 13.1 Å². The summed E-state index contributed by atoms with van der Waals surface area (Å²) in [5, 5.41) is 4.56. The molecule has 0 unspecified atom stereocenters. The first-order chi connectivity index (χ1) is 19.4. The Kier molecular flexibility index (Phi) is 8.70. The standard InChI is InChI=1S/C28H33F3N4O6S/c1-27(2,3)24(36)12-19-11-21(28(29,30)31)13-33-23(19)16-41-26(38)35-14-18-5-4-17(10-20(18)15-35)25(37)34-8-6-22(7-9-34)42(32,39)40/h4-5,10-11,13,22H,6-9,12,14-16H2,1-3H3,(H2,32,39,40). The van der Waals surface area contributed by atoms with Gasteiger partial charge in [0.05, 0.1) is 16.5 Å². The maximum absolute atomic E-state index is 13.3. The molecule has 14 heteroatoms. The van der Waals surface area contributed by atoms with E-state index in [1.54, 1.807) is 43.9 Å². The van der Waals surface area contributed by atoms with Crippen molar-refractivity contribution < 1.29 is 40.7 Å². The largest absolute Gasteiger partial charge is 0.443 e. The zero-order chi connectivity index (χ0) is 31.0. The average molecular weight is 611 g/mol. The number of amides is 2. The van der Waals surface area contributed by atoms with Crippen molar-refractivity contribution in [3.05, 3.63) is 64.0 Å². The Morgan fingerprint density at radius 1 is 1.02 bits per heavy atom. The van der Waals surface area contributed by atoms with Gasteiger partial charge in [-0.2, -0.15) is 13.2 Å². The molecule has 0 aliphatic carbocycles. The van der Waals surface area contributed by atoms with Crippen molar-refractivity contribution in [1.82, 2.24) is 14.8 Å². The lowest BCUT2D eigenvalue weighted by Crippen LogP contribution is -2.44. The highest BCUT2D eigenvalue weighted by Gasteiger charge is 2.34. The second-order valence-electron chi connectivity index (χ2n) is 11.7. The number of nitrogens with two attached hydrogens (primary N) is 1. The average Bonchev–Trinajstić information content (AvgIpc) is 3.34.